The first-order chi connectivity index (χ1) is 11.7. The predicted octanol–water partition coefficient (Wildman–Crippen LogP) is 2.58. The number of hydrogen-bond acceptors (Lipinski definition) is 7. The van der Waals surface area contributed by atoms with Gasteiger partial charge in [-0.15, -0.1) is 10.2 Å². The lowest BCUT2D eigenvalue weighted by molar-refractivity contribution is -0.117. The number of imide groups is 1. The summed E-state index contributed by atoms with van der Waals surface area (Å²) in [4.78, 5) is 23.6. The van der Waals surface area contributed by atoms with Gasteiger partial charge in [-0.3, -0.25) is 10.1 Å². The van der Waals surface area contributed by atoms with Crippen LogP contribution in [0.5, 0.6) is 0 Å². The van der Waals surface area contributed by atoms with Crippen molar-refractivity contribution in [3.63, 3.8) is 0 Å². The van der Waals surface area contributed by atoms with E-state index in [1.165, 1.54) is 12.7 Å². The van der Waals surface area contributed by atoms with Crippen LogP contribution in [0.2, 0.25) is 0 Å². The van der Waals surface area contributed by atoms with Crippen LogP contribution in [0.4, 0.5) is 4.79 Å². The molecular weight excluding hydrogens is 332 g/mol. The maximum atomic E-state index is 11.8. The number of carbonyl (C=O) groups is 2. The lowest BCUT2D eigenvalue weighted by Gasteiger charge is -2.22. The van der Waals surface area contributed by atoms with Crippen LogP contribution in [-0.4, -0.2) is 33.9 Å². The van der Waals surface area contributed by atoms with Crippen LogP contribution in [0.3, 0.4) is 0 Å². The quantitative estimate of drug-likeness (QED) is 0.797. The molecule has 8 nitrogen and oxygen atoms in total. The number of nitrogens with one attached hydrogen (secondary N) is 2. The molecule has 0 saturated heterocycles. The summed E-state index contributed by atoms with van der Waals surface area (Å²) in [6, 6.07) is 3.12. The largest absolute Gasteiger partial charge is 0.459 e. The van der Waals surface area contributed by atoms with Crippen molar-refractivity contribution in [2.45, 2.75) is 43.4 Å². The first kappa shape index (κ1) is 16.6. The zero-order valence-electron chi connectivity index (χ0n) is 13.0. The number of nitrogens with zero attached hydrogens (tertiary/aromatic N) is 2. The number of thioether (sulfide) groups is 1. The second kappa shape index (κ2) is 8.00. The predicted molar refractivity (Wildman–Crippen MR) is 86.3 cm³/mol. The van der Waals surface area contributed by atoms with E-state index in [2.05, 4.69) is 20.8 Å². The number of aromatic nitrogens is 2. The zero-order valence-corrected chi connectivity index (χ0v) is 13.8. The van der Waals surface area contributed by atoms with Crippen molar-refractivity contribution in [1.82, 2.24) is 20.8 Å². The van der Waals surface area contributed by atoms with Gasteiger partial charge in [-0.05, 0) is 25.0 Å². The molecule has 0 aliphatic heterocycles. The summed E-state index contributed by atoms with van der Waals surface area (Å²) in [7, 11) is 0. The van der Waals surface area contributed by atoms with Crippen molar-refractivity contribution in [1.29, 1.82) is 0 Å². The van der Waals surface area contributed by atoms with Gasteiger partial charge in [-0.2, -0.15) is 0 Å². The van der Waals surface area contributed by atoms with E-state index in [-0.39, 0.29) is 22.9 Å². The summed E-state index contributed by atoms with van der Waals surface area (Å²) >= 11 is 1.06. The van der Waals surface area contributed by atoms with Crippen LogP contribution in [0, 0.1) is 0 Å². The number of urea groups is 1. The fraction of sp³-hybridized carbons (Fsp3) is 0.467. The maximum Gasteiger partial charge on any atom is 0.321 e. The van der Waals surface area contributed by atoms with Gasteiger partial charge in [-0.1, -0.05) is 31.0 Å². The number of rotatable bonds is 5. The van der Waals surface area contributed by atoms with Crippen molar-refractivity contribution in [3.8, 4) is 11.7 Å². The third kappa shape index (κ3) is 4.60. The molecule has 0 unspecified atom stereocenters. The van der Waals surface area contributed by atoms with Crippen molar-refractivity contribution in [2.75, 3.05) is 5.75 Å². The third-order valence-corrected chi connectivity index (χ3v) is 4.48. The SMILES string of the molecule is O=C(CSc1nnc(-c2ccco2)o1)NC(=O)NC1CCCCC1. The molecule has 2 aromatic rings. The number of furan rings is 1. The normalized spacial score (nSPS) is 15.2. The Morgan fingerprint density at radius 1 is 1.25 bits per heavy atom. The zero-order chi connectivity index (χ0) is 16.8. The van der Waals surface area contributed by atoms with Crippen molar-refractivity contribution in [2.24, 2.45) is 0 Å². The Kier molecular flexibility index (Phi) is 5.52. The summed E-state index contributed by atoms with van der Waals surface area (Å²) in [5.74, 6) is 0.312. The highest BCUT2D eigenvalue weighted by atomic mass is 32.2. The molecule has 1 aliphatic rings. The topological polar surface area (TPSA) is 110 Å². The molecule has 0 spiro atoms. The van der Waals surface area contributed by atoms with E-state index in [0.29, 0.717) is 5.76 Å². The molecule has 2 heterocycles. The van der Waals surface area contributed by atoms with E-state index in [0.717, 1.165) is 37.4 Å². The van der Waals surface area contributed by atoms with Gasteiger partial charge >= 0.3 is 6.03 Å². The molecule has 1 aliphatic carbocycles. The fourth-order valence-electron chi connectivity index (χ4n) is 2.53. The Morgan fingerprint density at radius 2 is 2.08 bits per heavy atom. The monoisotopic (exact) mass is 350 g/mol. The Balaban J connectivity index is 1.41. The van der Waals surface area contributed by atoms with Gasteiger partial charge in [-0.25, -0.2) is 4.79 Å². The Hall–Kier alpha value is -2.29. The lowest BCUT2D eigenvalue weighted by Crippen LogP contribution is -2.45. The Bertz CT molecular complexity index is 679. The van der Waals surface area contributed by atoms with Crippen molar-refractivity contribution < 1.29 is 18.4 Å². The van der Waals surface area contributed by atoms with Crippen molar-refractivity contribution >= 4 is 23.7 Å². The molecule has 0 aromatic carbocycles. The van der Waals surface area contributed by atoms with E-state index < -0.39 is 11.9 Å². The molecule has 24 heavy (non-hydrogen) atoms. The molecule has 0 atom stereocenters. The van der Waals surface area contributed by atoms with E-state index in [1.807, 2.05) is 0 Å². The summed E-state index contributed by atoms with van der Waals surface area (Å²) in [5, 5.41) is 13.0. The lowest BCUT2D eigenvalue weighted by atomic mass is 9.96. The van der Waals surface area contributed by atoms with E-state index >= 15 is 0 Å². The molecule has 2 N–H and O–H groups in total. The fourth-order valence-corrected chi connectivity index (χ4v) is 3.09. The highest BCUT2D eigenvalue weighted by Gasteiger charge is 2.18. The molecule has 0 radical (unpaired) electrons. The Labute approximate surface area is 142 Å². The van der Waals surface area contributed by atoms with E-state index in [9.17, 15) is 9.59 Å². The minimum atomic E-state index is -0.450. The smallest absolute Gasteiger partial charge is 0.321 e. The molecule has 128 valence electrons. The standard InChI is InChI=1S/C15H18N4O4S/c20-12(17-14(21)16-10-5-2-1-3-6-10)9-24-15-19-18-13(23-15)11-7-4-8-22-11/h4,7-8,10H,1-3,5-6,9H2,(H2,16,17,20,21). The van der Waals surface area contributed by atoms with Gasteiger partial charge in [0.05, 0.1) is 12.0 Å². The van der Waals surface area contributed by atoms with Gasteiger partial charge in [0.1, 0.15) is 0 Å². The summed E-state index contributed by atoms with van der Waals surface area (Å²) in [5.41, 5.74) is 0. The third-order valence-electron chi connectivity index (χ3n) is 3.66. The summed E-state index contributed by atoms with van der Waals surface area (Å²) in [6.45, 7) is 0. The van der Waals surface area contributed by atoms with Crippen LogP contribution in [0.25, 0.3) is 11.7 Å². The van der Waals surface area contributed by atoms with Crippen molar-refractivity contribution in [3.05, 3.63) is 18.4 Å². The number of hydrogen-bond donors (Lipinski definition) is 2. The molecular formula is C15H18N4O4S. The molecule has 9 heteroatoms. The second-order valence-corrected chi connectivity index (χ2v) is 6.42. The molecule has 3 rings (SSSR count). The second-order valence-electron chi connectivity index (χ2n) is 5.50. The van der Waals surface area contributed by atoms with Gasteiger partial charge in [0.15, 0.2) is 5.76 Å². The number of amides is 3. The first-order valence-corrected chi connectivity index (χ1v) is 8.80. The molecule has 1 saturated carbocycles. The Morgan fingerprint density at radius 3 is 2.83 bits per heavy atom. The molecule has 2 aromatic heterocycles. The molecule has 3 amide bonds. The molecule has 0 bridgehead atoms. The van der Waals surface area contributed by atoms with Crippen LogP contribution in [-0.2, 0) is 4.79 Å². The minimum Gasteiger partial charge on any atom is -0.459 e. The van der Waals surface area contributed by atoms with Gasteiger partial charge in [0, 0.05) is 6.04 Å². The van der Waals surface area contributed by atoms with Gasteiger partial charge in [0.2, 0.25) is 5.91 Å². The number of carbonyl (C=O) groups excluding carboxylic acids is 2. The van der Waals surface area contributed by atoms with Crippen LogP contribution < -0.4 is 10.6 Å². The minimum absolute atomic E-state index is 0.0118. The van der Waals surface area contributed by atoms with Crippen LogP contribution >= 0.6 is 11.8 Å². The van der Waals surface area contributed by atoms with Crippen LogP contribution in [0.15, 0.2) is 32.5 Å². The average Bonchev–Trinajstić information content (AvgIpc) is 3.25. The molecule has 1 fully saturated rings. The highest BCUT2D eigenvalue weighted by molar-refractivity contribution is 7.99. The average molecular weight is 350 g/mol. The first-order valence-electron chi connectivity index (χ1n) is 7.81. The van der Waals surface area contributed by atoms with E-state index in [4.69, 9.17) is 8.83 Å². The summed E-state index contributed by atoms with van der Waals surface area (Å²) < 4.78 is 10.5. The maximum absolute atomic E-state index is 11.8. The van der Waals surface area contributed by atoms with Gasteiger partial charge in [0.25, 0.3) is 11.1 Å². The van der Waals surface area contributed by atoms with Gasteiger partial charge < -0.3 is 14.2 Å². The van der Waals surface area contributed by atoms with E-state index in [1.54, 1.807) is 12.1 Å². The highest BCUT2D eigenvalue weighted by Crippen LogP contribution is 2.23. The summed E-state index contributed by atoms with van der Waals surface area (Å²) in [6.07, 6.45) is 6.87. The van der Waals surface area contributed by atoms with Crippen LogP contribution in [0.1, 0.15) is 32.1 Å².